The third-order valence-electron chi connectivity index (χ3n) is 3.91. The van der Waals surface area contributed by atoms with Gasteiger partial charge in [-0.05, 0) is 49.4 Å². The molecule has 2 aromatic carbocycles. The van der Waals surface area contributed by atoms with Gasteiger partial charge in [-0.1, -0.05) is 5.16 Å². The van der Waals surface area contributed by atoms with E-state index in [1.165, 1.54) is 13.4 Å². The van der Waals surface area contributed by atoms with Crippen molar-refractivity contribution in [2.45, 2.75) is 11.8 Å². The zero-order chi connectivity index (χ0) is 20.2. The first-order chi connectivity index (χ1) is 14.1. The molecule has 0 saturated carbocycles. The van der Waals surface area contributed by atoms with Gasteiger partial charge in [-0.2, -0.15) is 4.33 Å². The number of fused-ring (bicyclic) bond motifs is 1. The zero-order valence-corrected chi connectivity index (χ0v) is 16.3. The molecule has 4 aromatic rings. The molecule has 0 aliphatic carbocycles. The number of carbonyl (C=O) groups excluding carboxylic acids is 1. The molecular formula is C20H16N2O6S. The summed E-state index contributed by atoms with van der Waals surface area (Å²) in [5.41, 5.74) is 0.913. The Morgan fingerprint density at radius 2 is 1.97 bits per heavy atom. The number of nitrogens with one attached hydrogen (secondary N) is 1. The summed E-state index contributed by atoms with van der Waals surface area (Å²) in [6.45, 7) is 1.83. The van der Waals surface area contributed by atoms with Crippen molar-refractivity contribution in [3.63, 3.8) is 0 Å². The van der Waals surface area contributed by atoms with Gasteiger partial charge in [0.05, 0.1) is 24.5 Å². The average Bonchev–Trinajstić information content (AvgIpc) is 3.36. The number of hydrogen-bond acceptors (Lipinski definition) is 8. The van der Waals surface area contributed by atoms with E-state index < -0.39 is 0 Å². The van der Waals surface area contributed by atoms with Crippen LogP contribution in [0.4, 0.5) is 5.82 Å². The number of amides is 1. The third-order valence-corrected chi connectivity index (χ3v) is 4.58. The van der Waals surface area contributed by atoms with Gasteiger partial charge in [0.25, 0.3) is 5.91 Å². The Kier molecular flexibility index (Phi) is 5.52. The molecule has 4 rings (SSSR count). The first kappa shape index (κ1) is 19.1. The minimum absolute atomic E-state index is 0.319. The van der Waals surface area contributed by atoms with Crippen molar-refractivity contribution >= 4 is 34.7 Å². The third kappa shape index (κ3) is 4.43. The van der Waals surface area contributed by atoms with Crippen LogP contribution in [0, 0.1) is 6.92 Å². The Balaban J connectivity index is 1.62. The van der Waals surface area contributed by atoms with Crippen molar-refractivity contribution in [3.05, 3.63) is 66.1 Å². The molecule has 0 bridgehead atoms. The molecule has 0 fully saturated rings. The van der Waals surface area contributed by atoms with Crippen molar-refractivity contribution in [1.29, 1.82) is 0 Å². The van der Waals surface area contributed by atoms with Gasteiger partial charge in [0.1, 0.15) is 29.1 Å². The largest absolute Gasteiger partial charge is 0.461 e. The molecule has 0 saturated heterocycles. The van der Waals surface area contributed by atoms with E-state index in [9.17, 15) is 4.79 Å². The number of benzene rings is 2. The normalized spacial score (nSPS) is 11.0. The Labute approximate surface area is 169 Å². The molecule has 0 spiro atoms. The van der Waals surface area contributed by atoms with Gasteiger partial charge < -0.3 is 19.0 Å². The van der Waals surface area contributed by atoms with Crippen LogP contribution in [0.3, 0.4) is 0 Å². The Morgan fingerprint density at radius 1 is 1.14 bits per heavy atom. The van der Waals surface area contributed by atoms with Gasteiger partial charge >= 0.3 is 0 Å². The molecule has 0 radical (unpaired) electrons. The average molecular weight is 412 g/mol. The van der Waals surface area contributed by atoms with Crippen LogP contribution in [0.1, 0.15) is 16.1 Å². The van der Waals surface area contributed by atoms with Gasteiger partial charge in [0, 0.05) is 16.5 Å². The number of furan rings is 1. The van der Waals surface area contributed by atoms with Crippen LogP contribution < -0.4 is 10.1 Å². The minimum atomic E-state index is -0.358. The maximum Gasteiger partial charge on any atom is 0.257 e. The van der Waals surface area contributed by atoms with Gasteiger partial charge in [0.15, 0.2) is 5.82 Å². The van der Waals surface area contributed by atoms with E-state index >= 15 is 0 Å². The maximum absolute atomic E-state index is 12.6. The molecule has 0 unspecified atom stereocenters. The second-order valence-electron chi connectivity index (χ2n) is 5.97. The van der Waals surface area contributed by atoms with Crippen molar-refractivity contribution in [2.24, 2.45) is 0 Å². The molecular weight excluding hydrogens is 396 g/mol. The summed E-state index contributed by atoms with van der Waals surface area (Å²) < 4.78 is 21.3. The van der Waals surface area contributed by atoms with Crippen molar-refractivity contribution < 1.29 is 27.7 Å². The quantitative estimate of drug-likeness (QED) is 0.246. The fraction of sp³-hybridized carbons (Fsp3) is 0.100. The van der Waals surface area contributed by atoms with Crippen LogP contribution in [0.2, 0.25) is 0 Å². The highest BCUT2D eigenvalue weighted by Gasteiger charge is 2.16. The van der Waals surface area contributed by atoms with Gasteiger partial charge in [-0.25, -0.2) is 4.89 Å². The molecule has 0 aliphatic rings. The summed E-state index contributed by atoms with van der Waals surface area (Å²) in [4.78, 5) is 18.0. The van der Waals surface area contributed by atoms with E-state index in [4.69, 9.17) is 18.0 Å². The van der Waals surface area contributed by atoms with Gasteiger partial charge in [0.2, 0.25) is 0 Å². The molecule has 2 aromatic heterocycles. The van der Waals surface area contributed by atoms with Crippen LogP contribution in [-0.2, 0) is 9.22 Å². The standard InChI is InChI=1S/C20H16N2O6S/c1-12-9-16-17(26-12)10-13(20(23)21-19-7-8-25-22-19)11-18(16)27-14-3-5-15(6-4-14)29-28-24-2/h3-11H,1-2H3,(H,21,22,23). The summed E-state index contributed by atoms with van der Waals surface area (Å²) in [5.74, 6) is 1.77. The molecule has 0 aliphatic heterocycles. The predicted molar refractivity (Wildman–Crippen MR) is 106 cm³/mol. The number of anilines is 1. The highest BCUT2D eigenvalue weighted by Crippen LogP contribution is 2.34. The summed E-state index contributed by atoms with van der Waals surface area (Å²) >= 11 is 1.09. The molecule has 9 heteroatoms. The first-order valence-electron chi connectivity index (χ1n) is 8.53. The van der Waals surface area contributed by atoms with E-state index in [-0.39, 0.29) is 5.91 Å². The second-order valence-corrected chi connectivity index (χ2v) is 6.75. The van der Waals surface area contributed by atoms with Crippen molar-refractivity contribution in [1.82, 2.24) is 5.16 Å². The maximum atomic E-state index is 12.6. The summed E-state index contributed by atoms with van der Waals surface area (Å²) in [6.07, 6.45) is 1.38. The van der Waals surface area contributed by atoms with Crippen LogP contribution >= 0.6 is 12.0 Å². The topological polar surface area (TPSA) is 96.0 Å². The zero-order valence-electron chi connectivity index (χ0n) is 15.5. The fourth-order valence-electron chi connectivity index (χ4n) is 2.68. The van der Waals surface area contributed by atoms with Crippen LogP contribution in [0.15, 0.2) is 68.6 Å². The van der Waals surface area contributed by atoms with Gasteiger partial charge in [-0.3, -0.25) is 4.79 Å². The lowest BCUT2D eigenvalue weighted by Gasteiger charge is -2.09. The minimum Gasteiger partial charge on any atom is -0.461 e. The van der Waals surface area contributed by atoms with Gasteiger partial charge in [-0.15, -0.1) is 0 Å². The lowest BCUT2D eigenvalue weighted by molar-refractivity contribution is -0.160. The predicted octanol–water partition coefficient (Wildman–Crippen LogP) is 5.36. The lowest BCUT2D eigenvalue weighted by atomic mass is 10.1. The highest BCUT2D eigenvalue weighted by molar-refractivity contribution is 7.94. The smallest absolute Gasteiger partial charge is 0.257 e. The number of ether oxygens (including phenoxy) is 1. The molecule has 2 heterocycles. The van der Waals surface area contributed by atoms with Crippen LogP contribution in [-0.4, -0.2) is 18.2 Å². The number of aryl methyl sites for hydroxylation is 1. The Bertz CT molecular complexity index is 1120. The highest BCUT2D eigenvalue weighted by atomic mass is 32.2. The number of carbonyl (C=O) groups is 1. The second kappa shape index (κ2) is 8.39. The van der Waals surface area contributed by atoms with Crippen molar-refractivity contribution in [3.8, 4) is 11.5 Å². The van der Waals surface area contributed by atoms with Crippen LogP contribution in [0.25, 0.3) is 11.0 Å². The van der Waals surface area contributed by atoms with Crippen molar-refractivity contribution in [2.75, 3.05) is 12.4 Å². The number of hydrogen-bond donors (Lipinski definition) is 1. The molecule has 1 amide bonds. The molecule has 148 valence electrons. The van der Waals surface area contributed by atoms with Crippen LogP contribution in [0.5, 0.6) is 11.5 Å². The molecule has 8 nitrogen and oxygen atoms in total. The monoisotopic (exact) mass is 412 g/mol. The summed E-state index contributed by atoms with van der Waals surface area (Å²) in [6, 6.07) is 14.0. The van der Waals surface area contributed by atoms with E-state index in [1.54, 1.807) is 30.3 Å². The van der Waals surface area contributed by atoms with E-state index in [1.807, 2.05) is 25.1 Å². The number of nitrogens with zero attached hydrogens (tertiary/aromatic N) is 1. The van der Waals surface area contributed by atoms with E-state index in [2.05, 4.69) is 15.4 Å². The molecule has 1 N–H and O–H groups in total. The van der Waals surface area contributed by atoms with E-state index in [0.29, 0.717) is 34.2 Å². The summed E-state index contributed by atoms with van der Waals surface area (Å²) in [5, 5.41) is 7.11. The first-order valence-corrected chi connectivity index (χ1v) is 9.28. The summed E-state index contributed by atoms with van der Waals surface area (Å²) in [7, 11) is 1.44. The SMILES string of the molecule is COOSc1ccc(Oc2cc(C(=O)Nc3ccon3)cc3oc(C)cc23)cc1. The Hall–Kier alpha value is -3.27. The fourth-order valence-corrected chi connectivity index (χ4v) is 3.07. The number of aromatic nitrogens is 1. The Morgan fingerprint density at radius 3 is 2.69 bits per heavy atom. The van der Waals surface area contributed by atoms with E-state index in [0.717, 1.165) is 22.3 Å². The molecule has 0 atom stereocenters. The molecule has 29 heavy (non-hydrogen) atoms. The lowest BCUT2D eigenvalue weighted by Crippen LogP contribution is -2.12. The number of rotatable bonds is 7.